The Labute approximate surface area is 139 Å². The van der Waals surface area contributed by atoms with Gasteiger partial charge in [-0.3, -0.25) is 9.69 Å². The molecule has 2 heterocycles. The number of nitrogens with zero attached hydrogens (tertiary/aromatic N) is 3. The molecule has 1 saturated heterocycles. The molecule has 118 valence electrons. The summed E-state index contributed by atoms with van der Waals surface area (Å²) in [5.41, 5.74) is 2.37. The van der Waals surface area contributed by atoms with Crippen LogP contribution in [-0.4, -0.2) is 32.7 Å². The van der Waals surface area contributed by atoms with Crippen molar-refractivity contribution in [3.8, 4) is 5.75 Å². The molecule has 6 heteroatoms. The molecule has 0 saturated carbocycles. The largest absolute Gasteiger partial charge is 0.506 e. The standard InChI is InChI=1S/C17H17N3O2S/c1-11-6-7-13(14(21)9-11)18-17-20(3)16(22)15(23-17)10-12-5-4-8-19(12)2/h4-10,21H,1-3H3/b15-10-,18-17?. The van der Waals surface area contributed by atoms with Crippen molar-refractivity contribution in [3.63, 3.8) is 0 Å². The normalized spacial score (nSPS) is 18.4. The number of likely N-dealkylation sites (N-methyl/N-ethyl adjacent to an activating group) is 1. The van der Waals surface area contributed by atoms with Gasteiger partial charge in [0.15, 0.2) is 5.17 Å². The smallest absolute Gasteiger partial charge is 0.266 e. The van der Waals surface area contributed by atoms with E-state index in [9.17, 15) is 9.90 Å². The van der Waals surface area contributed by atoms with Crippen LogP contribution in [0.15, 0.2) is 46.4 Å². The Morgan fingerprint density at radius 1 is 1.26 bits per heavy atom. The van der Waals surface area contributed by atoms with Crippen LogP contribution in [0.3, 0.4) is 0 Å². The van der Waals surface area contributed by atoms with Gasteiger partial charge in [-0.1, -0.05) is 6.07 Å². The first-order valence-corrected chi connectivity index (χ1v) is 7.94. The van der Waals surface area contributed by atoms with E-state index in [-0.39, 0.29) is 11.7 Å². The van der Waals surface area contributed by atoms with Gasteiger partial charge in [0.2, 0.25) is 0 Å². The van der Waals surface area contributed by atoms with Gasteiger partial charge in [0.25, 0.3) is 5.91 Å². The molecule has 1 aromatic heterocycles. The second-order valence-corrected chi connectivity index (χ2v) is 6.41. The summed E-state index contributed by atoms with van der Waals surface area (Å²) in [5.74, 6) is 0.0142. The van der Waals surface area contributed by atoms with E-state index in [1.54, 1.807) is 19.2 Å². The highest BCUT2D eigenvalue weighted by molar-refractivity contribution is 8.18. The number of phenols is 1. The van der Waals surface area contributed by atoms with Crippen LogP contribution in [0.5, 0.6) is 5.75 Å². The zero-order valence-electron chi connectivity index (χ0n) is 13.1. The van der Waals surface area contributed by atoms with E-state index in [0.29, 0.717) is 15.8 Å². The summed E-state index contributed by atoms with van der Waals surface area (Å²) in [7, 11) is 3.62. The molecular formula is C17H17N3O2S. The van der Waals surface area contributed by atoms with E-state index < -0.39 is 0 Å². The first-order chi connectivity index (χ1) is 11.0. The van der Waals surface area contributed by atoms with Crippen molar-refractivity contribution in [2.45, 2.75) is 6.92 Å². The Balaban J connectivity index is 1.93. The molecule has 1 aromatic carbocycles. The van der Waals surface area contributed by atoms with Crippen LogP contribution >= 0.6 is 11.8 Å². The number of carbonyl (C=O) groups excluding carboxylic acids is 1. The molecule has 0 unspecified atom stereocenters. The number of aromatic nitrogens is 1. The zero-order chi connectivity index (χ0) is 16.6. The van der Waals surface area contributed by atoms with Crippen LogP contribution < -0.4 is 0 Å². The van der Waals surface area contributed by atoms with Crippen LogP contribution in [0, 0.1) is 6.92 Å². The van der Waals surface area contributed by atoms with Gasteiger partial charge in [0.05, 0.1) is 4.91 Å². The molecule has 1 N–H and O–H groups in total. The van der Waals surface area contributed by atoms with Gasteiger partial charge in [-0.05, 0) is 54.6 Å². The van der Waals surface area contributed by atoms with Crippen LogP contribution in [0.25, 0.3) is 6.08 Å². The Bertz CT molecular complexity index is 836. The van der Waals surface area contributed by atoms with E-state index in [0.717, 1.165) is 11.3 Å². The summed E-state index contributed by atoms with van der Waals surface area (Å²) in [6.07, 6.45) is 3.78. The summed E-state index contributed by atoms with van der Waals surface area (Å²) >= 11 is 1.30. The number of hydrogen-bond donors (Lipinski definition) is 1. The van der Waals surface area contributed by atoms with E-state index in [4.69, 9.17) is 0 Å². The Morgan fingerprint density at radius 2 is 2.04 bits per heavy atom. The zero-order valence-corrected chi connectivity index (χ0v) is 14.0. The molecule has 0 radical (unpaired) electrons. The fourth-order valence-electron chi connectivity index (χ4n) is 2.24. The van der Waals surface area contributed by atoms with E-state index in [1.807, 2.05) is 49.0 Å². The molecule has 3 rings (SSSR count). The highest BCUT2D eigenvalue weighted by Crippen LogP contribution is 2.35. The minimum absolute atomic E-state index is 0.0958. The fourth-order valence-corrected chi connectivity index (χ4v) is 3.21. The van der Waals surface area contributed by atoms with Gasteiger partial charge in [-0.25, -0.2) is 4.99 Å². The summed E-state index contributed by atoms with van der Waals surface area (Å²) in [5, 5.41) is 10.5. The summed E-state index contributed by atoms with van der Waals surface area (Å²) in [6, 6.07) is 9.15. The monoisotopic (exact) mass is 327 g/mol. The van der Waals surface area contributed by atoms with Crippen LogP contribution in [-0.2, 0) is 11.8 Å². The van der Waals surface area contributed by atoms with Gasteiger partial charge in [0, 0.05) is 26.0 Å². The maximum atomic E-state index is 12.4. The lowest BCUT2D eigenvalue weighted by molar-refractivity contribution is -0.121. The fraction of sp³-hybridized carbons (Fsp3) is 0.176. The quantitative estimate of drug-likeness (QED) is 0.861. The lowest BCUT2D eigenvalue weighted by atomic mass is 10.2. The number of carbonyl (C=O) groups is 1. The third kappa shape index (κ3) is 3.03. The number of amides is 1. The minimum atomic E-state index is -0.0958. The molecule has 1 aliphatic rings. The molecule has 0 bridgehead atoms. The van der Waals surface area contributed by atoms with Gasteiger partial charge >= 0.3 is 0 Å². The van der Waals surface area contributed by atoms with E-state index in [1.165, 1.54) is 16.7 Å². The van der Waals surface area contributed by atoms with Gasteiger partial charge in [0.1, 0.15) is 11.4 Å². The number of amidine groups is 1. The van der Waals surface area contributed by atoms with Crippen molar-refractivity contribution in [3.05, 3.63) is 52.7 Å². The molecule has 1 amide bonds. The van der Waals surface area contributed by atoms with Crippen molar-refractivity contribution in [2.24, 2.45) is 12.0 Å². The predicted molar refractivity (Wildman–Crippen MR) is 93.7 cm³/mol. The lowest BCUT2D eigenvalue weighted by Crippen LogP contribution is -2.23. The lowest BCUT2D eigenvalue weighted by Gasteiger charge is -2.08. The van der Waals surface area contributed by atoms with Crippen LogP contribution in [0.2, 0.25) is 0 Å². The van der Waals surface area contributed by atoms with Crippen LogP contribution in [0.4, 0.5) is 5.69 Å². The second-order valence-electron chi connectivity index (χ2n) is 5.41. The van der Waals surface area contributed by atoms with Crippen LogP contribution in [0.1, 0.15) is 11.3 Å². The number of hydrogen-bond acceptors (Lipinski definition) is 4. The van der Waals surface area contributed by atoms with Gasteiger partial charge in [-0.2, -0.15) is 0 Å². The van der Waals surface area contributed by atoms with Crippen molar-refractivity contribution in [1.29, 1.82) is 0 Å². The molecule has 2 aromatic rings. The van der Waals surface area contributed by atoms with Gasteiger partial charge in [-0.15, -0.1) is 0 Å². The summed E-state index contributed by atoms with van der Waals surface area (Å²) < 4.78 is 1.95. The number of aromatic hydroxyl groups is 1. The SMILES string of the molecule is Cc1ccc(N=C2S/C(=C\c3cccn3C)C(=O)N2C)c(O)c1. The number of phenolic OH excluding ortho intramolecular Hbond substituents is 1. The van der Waals surface area contributed by atoms with Crippen molar-refractivity contribution in [2.75, 3.05) is 7.05 Å². The summed E-state index contributed by atoms with van der Waals surface area (Å²) in [4.78, 5) is 18.9. The molecule has 0 aliphatic carbocycles. The number of benzene rings is 1. The molecule has 0 spiro atoms. The molecular weight excluding hydrogens is 310 g/mol. The third-order valence-corrected chi connectivity index (χ3v) is 4.67. The maximum absolute atomic E-state index is 12.4. The van der Waals surface area contributed by atoms with Crippen molar-refractivity contribution >= 4 is 34.6 Å². The highest BCUT2D eigenvalue weighted by Gasteiger charge is 2.30. The molecule has 23 heavy (non-hydrogen) atoms. The van der Waals surface area contributed by atoms with Crippen molar-refractivity contribution in [1.82, 2.24) is 9.47 Å². The predicted octanol–water partition coefficient (Wildman–Crippen LogP) is 3.27. The second kappa shape index (κ2) is 5.96. The average Bonchev–Trinajstić information content (AvgIpc) is 3.02. The Hall–Kier alpha value is -2.47. The first-order valence-electron chi connectivity index (χ1n) is 7.13. The highest BCUT2D eigenvalue weighted by atomic mass is 32.2. The molecule has 1 fully saturated rings. The van der Waals surface area contributed by atoms with E-state index >= 15 is 0 Å². The molecule has 5 nitrogen and oxygen atoms in total. The first kappa shape index (κ1) is 15.4. The van der Waals surface area contributed by atoms with Gasteiger partial charge < -0.3 is 9.67 Å². The summed E-state index contributed by atoms with van der Waals surface area (Å²) in [6.45, 7) is 1.90. The maximum Gasteiger partial charge on any atom is 0.266 e. The minimum Gasteiger partial charge on any atom is -0.506 e. The van der Waals surface area contributed by atoms with E-state index in [2.05, 4.69) is 4.99 Å². The topological polar surface area (TPSA) is 57.8 Å². The number of rotatable bonds is 2. The number of aliphatic imine (C=N–C) groups is 1. The molecule has 0 atom stereocenters. The number of aryl methyl sites for hydroxylation is 2. The molecule has 1 aliphatic heterocycles. The average molecular weight is 327 g/mol. The number of thioether (sulfide) groups is 1. The third-order valence-electron chi connectivity index (χ3n) is 3.61. The Morgan fingerprint density at radius 3 is 2.70 bits per heavy atom. The Kier molecular flexibility index (Phi) is 4.00. The van der Waals surface area contributed by atoms with Crippen molar-refractivity contribution < 1.29 is 9.90 Å².